The smallest absolute Gasteiger partial charge is 0.0587 e. The first-order valence-corrected chi connectivity index (χ1v) is 6.22. The average molecular weight is 236 g/mol. The van der Waals surface area contributed by atoms with E-state index in [4.69, 9.17) is 0 Å². The van der Waals surface area contributed by atoms with Gasteiger partial charge >= 0.3 is 0 Å². The van der Waals surface area contributed by atoms with E-state index in [1.807, 2.05) is 12.3 Å². The molecule has 0 radical (unpaired) electrons. The molecule has 0 saturated carbocycles. The first-order chi connectivity index (χ1) is 7.97. The molecule has 1 heterocycles. The molecular formula is C14H24N2O. The molecule has 2 N–H and O–H groups in total. The number of aliphatic hydroxyl groups is 1. The number of aliphatic hydroxyl groups excluding tert-OH is 1. The van der Waals surface area contributed by atoms with E-state index in [2.05, 4.69) is 44.1 Å². The first kappa shape index (κ1) is 14.1. The van der Waals surface area contributed by atoms with E-state index in [0.717, 1.165) is 6.54 Å². The van der Waals surface area contributed by atoms with Crippen molar-refractivity contribution in [3.05, 3.63) is 30.1 Å². The van der Waals surface area contributed by atoms with Crippen molar-refractivity contribution in [3.63, 3.8) is 0 Å². The van der Waals surface area contributed by atoms with Crippen molar-refractivity contribution in [2.24, 2.45) is 5.92 Å². The minimum Gasteiger partial charge on any atom is -0.395 e. The van der Waals surface area contributed by atoms with Crippen molar-refractivity contribution in [1.82, 2.24) is 10.3 Å². The Kier molecular flexibility index (Phi) is 5.09. The second-order valence-electron chi connectivity index (χ2n) is 5.54. The van der Waals surface area contributed by atoms with Gasteiger partial charge < -0.3 is 10.4 Å². The van der Waals surface area contributed by atoms with Crippen LogP contribution in [0.5, 0.6) is 0 Å². The number of hydrogen-bond donors (Lipinski definition) is 2. The van der Waals surface area contributed by atoms with Gasteiger partial charge in [0.25, 0.3) is 0 Å². The van der Waals surface area contributed by atoms with Crippen LogP contribution < -0.4 is 5.32 Å². The zero-order valence-electron chi connectivity index (χ0n) is 11.3. The van der Waals surface area contributed by atoms with Crippen molar-refractivity contribution in [2.75, 3.05) is 13.2 Å². The van der Waals surface area contributed by atoms with Gasteiger partial charge in [0.1, 0.15) is 0 Å². The van der Waals surface area contributed by atoms with E-state index < -0.39 is 0 Å². The summed E-state index contributed by atoms with van der Waals surface area (Å²) in [6.07, 6.45) is 3.70. The number of pyridine rings is 1. The van der Waals surface area contributed by atoms with Gasteiger partial charge in [0.05, 0.1) is 6.61 Å². The topological polar surface area (TPSA) is 45.1 Å². The van der Waals surface area contributed by atoms with Crippen LogP contribution in [0.3, 0.4) is 0 Å². The SMILES string of the molecule is CC(C)C(CO)NCC(C)(C)c1cccnc1. The van der Waals surface area contributed by atoms with E-state index >= 15 is 0 Å². The van der Waals surface area contributed by atoms with Crippen LogP contribution in [-0.4, -0.2) is 29.3 Å². The van der Waals surface area contributed by atoms with E-state index in [9.17, 15) is 5.11 Å². The summed E-state index contributed by atoms with van der Waals surface area (Å²) in [6, 6.07) is 4.21. The summed E-state index contributed by atoms with van der Waals surface area (Å²) in [7, 11) is 0. The predicted molar refractivity (Wildman–Crippen MR) is 71.0 cm³/mol. The van der Waals surface area contributed by atoms with Gasteiger partial charge in [0, 0.05) is 30.4 Å². The van der Waals surface area contributed by atoms with Crippen LogP contribution in [-0.2, 0) is 5.41 Å². The maximum atomic E-state index is 9.29. The normalized spacial score (nSPS) is 14.0. The molecule has 17 heavy (non-hydrogen) atoms. The highest BCUT2D eigenvalue weighted by Crippen LogP contribution is 2.21. The molecule has 1 atom stereocenters. The molecule has 1 unspecified atom stereocenters. The van der Waals surface area contributed by atoms with Gasteiger partial charge in [0.15, 0.2) is 0 Å². The highest BCUT2D eigenvalue weighted by Gasteiger charge is 2.22. The second kappa shape index (κ2) is 6.12. The second-order valence-corrected chi connectivity index (χ2v) is 5.54. The Balaban J connectivity index is 2.61. The zero-order valence-corrected chi connectivity index (χ0v) is 11.3. The Morgan fingerprint density at radius 2 is 2.12 bits per heavy atom. The van der Waals surface area contributed by atoms with Crippen molar-refractivity contribution >= 4 is 0 Å². The lowest BCUT2D eigenvalue weighted by Crippen LogP contribution is -2.43. The maximum Gasteiger partial charge on any atom is 0.0587 e. The number of hydrogen-bond acceptors (Lipinski definition) is 3. The fraction of sp³-hybridized carbons (Fsp3) is 0.643. The summed E-state index contributed by atoms with van der Waals surface area (Å²) in [5.41, 5.74) is 1.24. The lowest BCUT2D eigenvalue weighted by molar-refractivity contribution is 0.204. The summed E-state index contributed by atoms with van der Waals surface area (Å²) in [5, 5.41) is 12.7. The molecule has 1 rings (SSSR count). The lowest BCUT2D eigenvalue weighted by Gasteiger charge is -2.29. The monoisotopic (exact) mass is 236 g/mol. The molecule has 96 valence electrons. The van der Waals surface area contributed by atoms with Gasteiger partial charge in [0.2, 0.25) is 0 Å². The number of aromatic nitrogens is 1. The molecule has 0 spiro atoms. The number of rotatable bonds is 6. The van der Waals surface area contributed by atoms with Crippen LogP contribution in [0, 0.1) is 5.92 Å². The van der Waals surface area contributed by atoms with E-state index in [0.29, 0.717) is 5.92 Å². The predicted octanol–water partition coefficient (Wildman–Crippen LogP) is 1.97. The Hall–Kier alpha value is -0.930. The van der Waals surface area contributed by atoms with Crippen molar-refractivity contribution < 1.29 is 5.11 Å². The van der Waals surface area contributed by atoms with Crippen LogP contribution >= 0.6 is 0 Å². The van der Waals surface area contributed by atoms with Gasteiger partial charge in [-0.05, 0) is 17.5 Å². The third-order valence-electron chi connectivity index (χ3n) is 3.25. The summed E-state index contributed by atoms with van der Waals surface area (Å²) in [6.45, 7) is 9.62. The molecule has 1 aromatic heterocycles. The largest absolute Gasteiger partial charge is 0.395 e. The summed E-state index contributed by atoms with van der Waals surface area (Å²) >= 11 is 0. The minimum atomic E-state index is 0.0244. The lowest BCUT2D eigenvalue weighted by atomic mass is 9.85. The van der Waals surface area contributed by atoms with Crippen LogP contribution in [0.15, 0.2) is 24.5 Å². The van der Waals surface area contributed by atoms with Gasteiger partial charge in [-0.2, -0.15) is 0 Å². The van der Waals surface area contributed by atoms with Gasteiger partial charge in [-0.15, -0.1) is 0 Å². The molecule has 0 amide bonds. The van der Waals surface area contributed by atoms with Crippen LogP contribution in [0.4, 0.5) is 0 Å². The molecule has 0 saturated heterocycles. The molecule has 0 aromatic carbocycles. The summed E-state index contributed by atoms with van der Waals surface area (Å²) < 4.78 is 0. The van der Waals surface area contributed by atoms with Crippen molar-refractivity contribution in [3.8, 4) is 0 Å². The van der Waals surface area contributed by atoms with Gasteiger partial charge in [-0.1, -0.05) is 33.8 Å². The fourth-order valence-electron chi connectivity index (χ4n) is 1.76. The quantitative estimate of drug-likeness (QED) is 0.793. The standard InChI is InChI=1S/C14H24N2O/c1-11(2)13(9-17)16-10-14(3,4)12-6-5-7-15-8-12/h5-8,11,13,16-17H,9-10H2,1-4H3. The molecule has 0 aliphatic heterocycles. The molecule has 0 aliphatic rings. The molecule has 1 aromatic rings. The molecule has 0 aliphatic carbocycles. The zero-order chi connectivity index (χ0) is 12.9. The molecule has 3 heteroatoms. The van der Waals surface area contributed by atoms with Gasteiger partial charge in [-0.3, -0.25) is 4.98 Å². The van der Waals surface area contributed by atoms with E-state index in [1.54, 1.807) is 6.20 Å². The Labute approximate surface area is 104 Å². The summed E-state index contributed by atoms with van der Waals surface area (Å²) in [4.78, 5) is 4.16. The van der Waals surface area contributed by atoms with Crippen molar-refractivity contribution in [1.29, 1.82) is 0 Å². The van der Waals surface area contributed by atoms with Crippen LogP contribution in [0.2, 0.25) is 0 Å². The Bertz CT molecular complexity index is 322. The Morgan fingerprint density at radius 1 is 1.41 bits per heavy atom. The average Bonchev–Trinajstić information content (AvgIpc) is 2.30. The van der Waals surface area contributed by atoms with Crippen LogP contribution in [0.1, 0.15) is 33.3 Å². The highest BCUT2D eigenvalue weighted by atomic mass is 16.3. The van der Waals surface area contributed by atoms with Crippen LogP contribution in [0.25, 0.3) is 0 Å². The van der Waals surface area contributed by atoms with Crippen molar-refractivity contribution in [2.45, 2.75) is 39.2 Å². The highest BCUT2D eigenvalue weighted by molar-refractivity contribution is 5.20. The summed E-state index contributed by atoms with van der Waals surface area (Å²) in [5.74, 6) is 0.435. The molecule has 0 bridgehead atoms. The third-order valence-corrected chi connectivity index (χ3v) is 3.25. The van der Waals surface area contributed by atoms with E-state index in [1.165, 1.54) is 5.56 Å². The van der Waals surface area contributed by atoms with Gasteiger partial charge in [-0.25, -0.2) is 0 Å². The number of nitrogens with zero attached hydrogens (tertiary/aromatic N) is 1. The fourth-order valence-corrected chi connectivity index (χ4v) is 1.76. The number of nitrogens with one attached hydrogen (secondary N) is 1. The first-order valence-electron chi connectivity index (χ1n) is 6.22. The third kappa shape index (κ3) is 4.10. The molecular weight excluding hydrogens is 212 g/mol. The minimum absolute atomic E-state index is 0.0244. The van der Waals surface area contributed by atoms with E-state index in [-0.39, 0.29) is 18.1 Å². The molecule has 0 fully saturated rings. The maximum absolute atomic E-state index is 9.29. The Morgan fingerprint density at radius 3 is 2.59 bits per heavy atom. The molecule has 3 nitrogen and oxygen atoms in total.